The zero-order chi connectivity index (χ0) is 29.2. The van der Waals surface area contributed by atoms with Crippen molar-refractivity contribution in [3.8, 4) is 0 Å². The van der Waals surface area contributed by atoms with Crippen molar-refractivity contribution in [2.75, 3.05) is 45.8 Å². The Kier molecular flexibility index (Phi) is 10.6. The molecule has 2 atom stereocenters. The highest BCUT2D eigenvalue weighted by molar-refractivity contribution is 5.90. The van der Waals surface area contributed by atoms with Gasteiger partial charge in [0.1, 0.15) is 38.6 Å². The molecule has 2 aliphatic rings. The molecule has 0 radical (unpaired) electrons. The molecule has 41 heavy (non-hydrogen) atoms. The van der Waals surface area contributed by atoms with E-state index < -0.39 is 48.8 Å². The van der Waals surface area contributed by atoms with Gasteiger partial charge in [-0.1, -0.05) is 60.7 Å². The number of ether oxygens (including phenoxy) is 4. The monoisotopic (exact) mass is 569 g/mol. The largest absolute Gasteiger partial charge is 0.480 e. The van der Waals surface area contributed by atoms with Crippen molar-refractivity contribution in [2.45, 2.75) is 25.7 Å². The van der Waals surface area contributed by atoms with Crippen LogP contribution in [0, 0.1) is 0 Å². The molecule has 4 rings (SSSR count). The van der Waals surface area contributed by atoms with E-state index in [1.165, 1.54) is 14.7 Å². The minimum Gasteiger partial charge on any atom is -0.480 e. The summed E-state index contributed by atoms with van der Waals surface area (Å²) in [5, 5.41) is 9.71. The topological polar surface area (TPSA) is 152 Å². The van der Waals surface area contributed by atoms with E-state index in [-0.39, 0.29) is 52.5 Å². The zero-order valence-corrected chi connectivity index (χ0v) is 22.3. The molecule has 13 heteroatoms. The van der Waals surface area contributed by atoms with Gasteiger partial charge >= 0.3 is 29.8 Å². The second-order valence-electron chi connectivity index (χ2n) is 9.59. The summed E-state index contributed by atoms with van der Waals surface area (Å²) in [5.74, 6) is -4.11. The van der Waals surface area contributed by atoms with Crippen LogP contribution in [0.2, 0.25) is 0 Å². The van der Waals surface area contributed by atoms with Crippen molar-refractivity contribution in [3.05, 3.63) is 71.8 Å². The summed E-state index contributed by atoms with van der Waals surface area (Å²) in [6, 6.07) is 18.5. The average Bonchev–Trinajstić information content (AvgIpc) is 2.93. The Labute approximate surface area is 236 Å². The van der Waals surface area contributed by atoms with Gasteiger partial charge in [0.15, 0.2) is 0 Å². The van der Waals surface area contributed by atoms with Gasteiger partial charge in [0.25, 0.3) is 0 Å². The molecule has 0 bridgehead atoms. The van der Waals surface area contributed by atoms with Crippen LogP contribution in [0.25, 0.3) is 0 Å². The van der Waals surface area contributed by atoms with Crippen molar-refractivity contribution in [2.24, 2.45) is 0 Å². The maximum atomic E-state index is 12.0. The van der Waals surface area contributed by atoms with Crippen LogP contribution in [-0.2, 0) is 56.1 Å². The van der Waals surface area contributed by atoms with Crippen LogP contribution in [0.3, 0.4) is 0 Å². The van der Waals surface area contributed by atoms with Gasteiger partial charge < -0.3 is 24.1 Å². The number of carbonyl (C=O) groups excluding carboxylic acids is 4. The molecule has 2 aromatic carbocycles. The highest BCUT2D eigenvalue weighted by Crippen LogP contribution is 2.16. The first-order valence-corrected chi connectivity index (χ1v) is 13.0. The van der Waals surface area contributed by atoms with Crippen LogP contribution >= 0.6 is 0 Å². The number of hydrogen-bond donors (Lipinski definition) is 1. The number of esters is 4. The SMILES string of the molecule is O=C(O)CN(CC(OCc1ccccc1)N1CC(=O)OC(=O)C1)CC(OCc1ccccc1)N1CC(=O)OC(=O)C1. The Balaban J connectivity index is 1.55. The van der Waals surface area contributed by atoms with Gasteiger partial charge in [0, 0.05) is 13.1 Å². The number of carbonyl (C=O) groups is 5. The van der Waals surface area contributed by atoms with Gasteiger partial charge in [-0.3, -0.25) is 38.7 Å². The van der Waals surface area contributed by atoms with Gasteiger partial charge in [-0.25, -0.2) is 0 Å². The molecule has 0 aliphatic carbocycles. The lowest BCUT2D eigenvalue weighted by molar-refractivity contribution is -0.180. The van der Waals surface area contributed by atoms with E-state index in [0.29, 0.717) is 0 Å². The molecule has 13 nitrogen and oxygen atoms in total. The molecule has 218 valence electrons. The third-order valence-electron chi connectivity index (χ3n) is 6.36. The number of cyclic esters (lactones) is 4. The van der Waals surface area contributed by atoms with Gasteiger partial charge in [-0.15, -0.1) is 0 Å². The van der Waals surface area contributed by atoms with Crippen molar-refractivity contribution < 1.29 is 48.0 Å². The molecular formula is C28H31N3O10. The van der Waals surface area contributed by atoms with Crippen LogP contribution in [0.1, 0.15) is 11.1 Å². The lowest BCUT2D eigenvalue weighted by Crippen LogP contribution is -2.57. The number of hydrogen-bond acceptors (Lipinski definition) is 12. The molecule has 2 saturated heterocycles. The highest BCUT2D eigenvalue weighted by Gasteiger charge is 2.36. The summed E-state index contributed by atoms with van der Waals surface area (Å²) in [6.07, 6.45) is -1.76. The Bertz CT molecular complexity index is 1110. The van der Waals surface area contributed by atoms with Crippen LogP contribution in [-0.4, -0.2) is 108 Å². The van der Waals surface area contributed by atoms with Gasteiger partial charge in [-0.2, -0.15) is 0 Å². The second-order valence-corrected chi connectivity index (χ2v) is 9.59. The predicted molar refractivity (Wildman–Crippen MR) is 139 cm³/mol. The van der Waals surface area contributed by atoms with Crippen LogP contribution in [0.15, 0.2) is 60.7 Å². The van der Waals surface area contributed by atoms with Crippen molar-refractivity contribution >= 4 is 29.8 Å². The summed E-state index contributed by atoms with van der Waals surface area (Å²) in [6.45, 7) is -1.19. The molecule has 1 N–H and O–H groups in total. The molecule has 2 unspecified atom stereocenters. The number of carboxylic acids is 1. The number of nitrogens with zero attached hydrogens (tertiary/aromatic N) is 3. The lowest BCUT2D eigenvalue weighted by atomic mass is 10.2. The number of carboxylic acid groups (broad SMARTS) is 1. The molecule has 0 spiro atoms. The summed E-state index contributed by atoms with van der Waals surface area (Å²) in [5.41, 5.74) is 1.67. The zero-order valence-electron chi connectivity index (χ0n) is 22.3. The number of morpholine rings is 2. The van der Waals surface area contributed by atoms with E-state index in [1.807, 2.05) is 60.7 Å². The molecule has 2 fully saturated rings. The quantitative estimate of drug-likeness (QED) is 0.244. The molecule has 0 saturated carbocycles. The molecule has 2 heterocycles. The Morgan fingerprint density at radius 3 is 1.41 bits per heavy atom. The van der Waals surface area contributed by atoms with Gasteiger partial charge in [0.05, 0.1) is 19.8 Å². The van der Waals surface area contributed by atoms with E-state index in [0.717, 1.165) is 11.1 Å². The van der Waals surface area contributed by atoms with E-state index in [2.05, 4.69) is 9.47 Å². The van der Waals surface area contributed by atoms with Crippen LogP contribution in [0.4, 0.5) is 0 Å². The second kappa shape index (κ2) is 14.6. The summed E-state index contributed by atoms with van der Waals surface area (Å²) >= 11 is 0. The van der Waals surface area contributed by atoms with E-state index in [9.17, 15) is 29.1 Å². The normalized spacial score (nSPS) is 18.2. The maximum Gasteiger partial charge on any atom is 0.327 e. The van der Waals surface area contributed by atoms with Crippen molar-refractivity contribution in [1.29, 1.82) is 0 Å². The van der Waals surface area contributed by atoms with Crippen molar-refractivity contribution in [3.63, 3.8) is 0 Å². The maximum absolute atomic E-state index is 12.0. The molecule has 0 amide bonds. The minimum atomic E-state index is -1.14. The van der Waals surface area contributed by atoms with Gasteiger partial charge in [-0.05, 0) is 11.1 Å². The molecule has 0 aromatic heterocycles. The minimum absolute atomic E-state index is 0.0445. The Morgan fingerprint density at radius 2 is 1.07 bits per heavy atom. The van der Waals surface area contributed by atoms with E-state index in [1.54, 1.807) is 0 Å². The first-order chi connectivity index (χ1) is 19.7. The van der Waals surface area contributed by atoms with Crippen LogP contribution in [0.5, 0.6) is 0 Å². The molecule has 2 aromatic rings. The predicted octanol–water partition coefficient (Wildman–Crippen LogP) is 0.230. The van der Waals surface area contributed by atoms with E-state index in [4.69, 9.17) is 9.47 Å². The fraction of sp³-hybridized carbons (Fsp3) is 0.393. The Hall–Kier alpha value is -4.01. The third kappa shape index (κ3) is 9.55. The standard InChI is InChI=1S/C28H31N3O10/c32-24(33)13-29(11-22(30-14-25(34)40-26(35)15-30)38-18-20-7-3-1-4-8-20)12-23(31-16-27(36)41-28(37)17-31)39-19-21-9-5-2-6-10-21/h1-10,22-23H,11-19H2,(H,32,33). The first kappa shape index (κ1) is 30.0. The summed E-state index contributed by atoms with van der Waals surface area (Å²) in [7, 11) is 0. The smallest absolute Gasteiger partial charge is 0.327 e. The summed E-state index contributed by atoms with van der Waals surface area (Å²) in [4.78, 5) is 64.5. The average molecular weight is 570 g/mol. The van der Waals surface area contributed by atoms with Crippen LogP contribution < -0.4 is 0 Å². The highest BCUT2D eigenvalue weighted by atomic mass is 16.6. The fourth-order valence-corrected chi connectivity index (χ4v) is 4.48. The van der Waals surface area contributed by atoms with E-state index >= 15 is 0 Å². The number of aliphatic carboxylic acids is 1. The lowest BCUT2D eigenvalue weighted by Gasteiger charge is -2.38. The number of benzene rings is 2. The fourth-order valence-electron chi connectivity index (χ4n) is 4.48. The molecule has 2 aliphatic heterocycles. The van der Waals surface area contributed by atoms with Crippen molar-refractivity contribution in [1.82, 2.24) is 14.7 Å². The first-order valence-electron chi connectivity index (χ1n) is 13.0. The molecular weight excluding hydrogens is 538 g/mol. The third-order valence-corrected chi connectivity index (χ3v) is 6.36. The Morgan fingerprint density at radius 1 is 0.707 bits per heavy atom. The van der Waals surface area contributed by atoms with Gasteiger partial charge in [0.2, 0.25) is 0 Å². The summed E-state index contributed by atoms with van der Waals surface area (Å²) < 4.78 is 21.5. The number of rotatable bonds is 14.